The summed E-state index contributed by atoms with van der Waals surface area (Å²) in [6, 6.07) is 2.32. The van der Waals surface area contributed by atoms with Crippen molar-refractivity contribution >= 4 is 0 Å². The van der Waals surface area contributed by atoms with Crippen molar-refractivity contribution in [3.05, 3.63) is 11.6 Å². The Labute approximate surface area is 116 Å². The van der Waals surface area contributed by atoms with Gasteiger partial charge in [0.1, 0.15) is 11.4 Å². The van der Waals surface area contributed by atoms with E-state index in [1.165, 1.54) is 0 Å². The molecule has 1 unspecified atom stereocenters. The van der Waals surface area contributed by atoms with E-state index in [-0.39, 0.29) is 0 Å². The number of nitrogens with one attached hydrogen (secondary N) is 1. The van der Waals surface area contributed by atoms with Crippen LogP contribution in [0.25, 0.3) is 0 Å². The zero-order chi connectivity index (χ0) is 14.3. The Hall–Kier alpha value is -1.41. The highest BCUT2D eigenvalue weighted by atomic mass is 15.3. The van der Waals surface area contributed by atoms with Gasteiger partial charge in [0.05, 0.1) is 6.07 Å². The van der Waals surface area contributed by atoms with Gasteiger partial charge in [0.15, 0.2) is 5.82 Å². The van der Waals surface area contributed by atoms with Gasteiger partial charge in [0, 0.05) is 19.4 Å². The van der Waals surface area contributed by atoms with Crippen LogP contribution in [0.15, 0.2) is 0 Å². The number of hydrogen-bond donors (Lipinski definition) is 1. The Kier molecular flexibility index (Phi) is 5.97. The molecule has 0 amide bonds. The summed E-state index contributed by atoms with van der Waals surface area (Å²) in [5.74, 6) is 1.99. The molecule has 0 spiro atoms. The second kappa shape index (κ2) is 7.25. The van der Waals surface area contributed by atoms with Gasteiger partial charge in [0.2, 0.25) is 0 Å². The normalized spacial score (nSPS) is 14.1. The molecule has 0 saturated heterocycles. The van der Waals surface area contributed by atoms with Crippen LogP contribution < -0.4 is 5.32 Å². The highest BCUT2D eigenvalue weighted by Crippen LogP contribution is 2.13. The molecule has 0 aliphatic rings. The van der Waals surface area contributed by atoms with E-state index in [1.807, 2.05) is 18.7 Å². The van der Waals surface area contributed by atoms with Crippen LogP contribution in [0.1, 0.15) is 51.7 Å². The number of unbranched alkanes of at least 4 members (excludes halogenated alkanes) is 1. The third kappa shape index (κ3) is 4.32. The summed E-state index contributed by atoms with van der Waals surface area (Å²) < 4.78 is 2.02. The van der Waals surface area contributed by atoms with E-state index in [0.717, 1.165) is 50.3 Å². The highest BCUT2D eigenvalue weighted by Gasteiger charge is 2.20. The van der Waals surface area contributed by atoms with Crippen molar-refractivity contribution in [1.29, 1.82) is 5.26 Å². The predicted octanol–water partition coefficient (Wildman–Crippen LogP) is 2.07. The van der Waals surface area contributed by atoms with Gasteiger partial charge in [0.25, 0.3) is 0 Å². The molecule has 0 aromatic carbocycles. The minimum atomic E-state index is -0.412. The minimum Gasteiger partial charge on any atom is -0.303 e. The van der Waals surface area contributed by atoms with Crippen LogP contribution in [0.5, 0.6) is 0 Å². The fraction of sp³-hybridized carbons (Fsp3) is 0.786. The van der Waals surface area contributed by atoms with Crippen molar-refractivity contribution in [2.75, 3.05) is 7.05 Å². The van der Waals surface area contributed by atoms with Gasteiger partial charge in [-0.2, -0.15) is 10.4 Å². The van der Waals surface area contributed by atoms with Crippen LogP contribution in [-0.4, -0.2) is 27.4 Å². The second-order valence-corrected chi connectivity index (χ2v) is 5.03. The van der Waals surface area contributed by atoms with Crippen molar-refractivity contribution < 1.29 is 0 Å². The van der Waals surface area contributed by atoms with Gasteiger partial charge in [-0.15, -0.1) is 0 Å². The van der Waals surface area contributed by atoms with E-state index >= 15 is 0 Å². The van der Waals surface area contributed by atoms with Crippen molar-refractivity contribution in [2.24, 2.45) is 0 Å². The van der Waals surface area contributed by atoms with Crippen LogP contribution in [0, 0.1) is 11.3 Å². The smallest absolute Gasteiger partial charge is 0.150 e. The molecule has 0 aliphatic carbocycles. The van der Waals surface area contributed by atoms with Gasteiger partial charge in [-0.1, -0.05) is 13.8 Å². The van der Waals surface area contributed by atoms with Gasteiger partial charge in [-0.25, -0.2) is 9.67 Å². The fourth-order valence-electron chi connectivity index (χ4n) is 1.99. The van der Waals surface area contributed by atoms with Crippen LogP contribution in [0.4, 0.5) is 0 Å². The minimum absolute atomic E-state index is 0.412. The molecule has 19 heavy (non-hydrogen) atoms. The van der Waals surface area contributed by atoms with Gasteiger partial charge >= 0.3 is 0 Å². The number of aryl methyl sites for hydroxylation is 3. The zero-order valence-electron chi connectivity index (χ0n) is 12.5. The summed E-state index contributed by atoms with van der Waals surface area (Å²) in [5, 5.41) is 16.6. The van der Waals surface area contributed by atoms with Crippen LogP contribution in [-0.2, 0) is 19.4 Å². The molecule has 0 radical (unpaired) electrons. The van der Waals surface area contributed by atoms with Crippen molar-refractivity contribution in [1.82, 2.24) is 20.1 Å². The Morgan fingerprint density at radius 2 is 2.05 bits per heavy atom. The van der Waals surface area contributed by atoms with E-state index in [9.17, 15) is 0 Å². The Morgan fingerprint density at radius 1 is 1.32 bits per heavy atom. The first-order valence-electron chi connectivity index (χ1n) is 7.11. The summed E-state index contributed by atoms with van der Waals surface area (Å²) in [6.07, 6.45) is 4.69. The maximum atomic E-state index is 9.08. The van der Waals surface area contributed by atoms with Crippen molar-refractivity contribution in [3.63, 3.8) is 0 Å². The van der Waals surface area contributed by atoms with Crippen LogP contribution in [0.3, 0.4) is 0 Å². The molecule has 0 bridgehead atoms. The maximum absolute atomic E-state index is 9.08. The average Bonchev–Trinajstić information content (AvgIpc) is 2.85. The molecule has 106 valence electrons. The molecule has 1 aromatic rings. The molecule has 1 atom stereocenters. The number of aromatic nitrogens is 3. The third-order valence-electron chi connectivity index (χ3n) is 3.52. The lowest BCUT2D eigenvalue weighted by Crippen LogP contribution is -2.37. The molecule has 1 heterocycles. The Morgan fingerprint density at radius 3 is 2.58 bits per heavy atom. The maximum Gasteiger partial charge on any atom is 0.150 e. The fourth-order valence-corrected chi connectivity index (χ4v) is 1.99. The Bertz CT molecular complexity index is 432. The first kappa shape index (κ1) is 15.6. The van der Waals surface area contributed by atoms with Crippen molar-refractivity contribution in [2.45, 2.75) is 65.0 Å². The molecule has 1 aromatic heterocycles. The summed E-state index contributed by atoms with van der Waals surface area (Å²) in [7, 11) is 1.84. The lowest BCUT2D eigenvalue weighted by atomic mass is 9.97. The standard InChI is InChI=1S/C14H25N5/c1-5-12-17-13(6-2)19(18-12)10-8-7-9-14(3,11-15)16-4/h16H,5-10H2,1-4H3. The van der Waals surface area contributed by atoms with E-state index in [0.29, 0.717) is 0 Å². The van der Waals surface area contributed by atoms with Crippen molar-refractivity contribution in [3.8, 4) is 6.07 Å². The summed E-state index contributed by atoms with van der Waals surface area (Å²) in [5.41, 5.74) is -0.412. The first-order chi connectivity index (χ1) is 9.08. The van der Waals surface area contributed by atoms with Crippen LogP contribution in [0.2, 0.25) is 0 Å². The van der Waals surface area contributed by atoms with Gasteiger partial charge in [-0.05, 0) is 33.2 Å². The number of nitrogens with zero attached hydrogens (tertiary/aromatic N) is 4. The second-order valence-electron chi connectivity index (χ2n) is 5.03. The molecular weight excluding hydrogens is 238 g/mol. The topological polar surface area (TPSA) is 66.5 Å². The molecule has 0 fully saturated rings. The molecule has 0 saturated carbocycles. The highest BCUT2D eigenvalue weighted by molar-refractivity contribution is 5.02. The first-order valence-corrected chi connectivity index (χ1v) is 7.11. The SMILES string of the molecule is CCc1nc(CC)n(CCCCC(C)(C#N)NC)n1. The summed E-state index contributed by atoms with van der Waals surface area (Å²) in [4.78, 5) is 4.49. The van der Waals surface area contributed by atoms with Crippen LogP contribution >= 0.6 is 0 Å². The largest absolute Gasteiger partial charge is 0.303 e. The number of hydrogen-bond acceptors (Lipinski definition) is 4. The quantitative estimate of drug-likeness (QED) is 0.729. The Balaban J connectivity index is 2.45. The average molecular weight is 263 g/mol. The van der Waals surface area contributed by atoms with Gasteiger partial charge < -0.3 is 5.32 Å². The van der Waals surface area contributed by atoms with E-state index < -0.39 is 5.54 Å². The number of rotatable bonds is 8. The number of nitriles is 1. The van der Waals surface area contributed by atoms with E-state index in [2.05, 4.69) is 35.3 Å². The monoisotopic (exact) mass is 263 g/mol. The third-order valence-corrected chi connectivity index (χ3v) is 3.52. The van der Waals surface area contributed by atoms with E-state index in [4.69, 9.17) is 5.26 Å². The lowest BCUT2D eigenvalue weighted by Gasteiger charge is -2.20. The molecule has 5 nitrogen and oxygen atoms in total. The molecule has 0 aliphatic heterocycles. The van der Waals surface area contributed by atoms with E-state index in [1.54, 1.807) is 0 Å². The lowest BCUT2D eigenvalue weighted by molar-refractivity contribution is 0.417. The summed E-state index contributed by atoms with van der Waals surface area (Å²) in [6.45, 7) is 7.01. The zero-order valence-corrected chi connectivity index (χ0v) is 12.5. The molecule has 1 rings (SSSR count). The van der Waals surface area contributed by atoms with Gasteiger partial charge in [-0.3, -0.25) is 0 Å². The predicted molar refractivity (Wildman–Crippen MR) is 75.7 cm³/mol. The molecular formula is C14H25N5. The molecule has 5 heteroatoms. The molecule has 1 N–H and O–H groups in total. The summed E-state index contributed by atoms with van der Waals surface area (Å²) >= 11 is 0.